The molecule has 0 atom stereocenters. The van der Waals surface area contributed by atoms with Gasteiger partial charge in [0, 0.05) is 15.9 Å². The Bertz CT molecular complexity index is 725. The van der Waals surface area contributed by atoms with Crippen LogP contribution in [-0.4, -0.2) is 10.7 Å². The molecule has 0 bridgehead atoms. The molecule has 108 valence electrons. The van der Waals surface area contributed by atoms with Crippen molar-refractivity contribution in [2.45, 2.75) is 30.6 Å². The van der Waals surface area contributed by atoms with Crippen LogP contribution < -0.4 is 0 Å². The Labute approximate surface area is 127 Å². The van der Waals surface area contributed by atoms with E-state index in [0.29, 0.717) is 0 Å². The number of hydrogen-bond acceptors (Lipinski definition) is 4. The molecule has 2 rings (SSSR count). The highest BCUT2D eigenvalue weighted by molar-refractivity contribution is 7.99. The summed E-state index contributed by atoms with van der Waals surface area (Å²) in [5, 5.41) is 11.1. The van der Waals surface area contributed by atoms with Crippen LogP contribution in [0.2, 0.25) is 0 Å². The summed E-state index contributed by atoms with van der Waals surface area (Å²) in [5.41, 5.74) is 2.38. The number of carbonyl (C=O) groups is 1. The molecule has 0 saturated carbocycles. The third-order valence-electron chi connectivity index (χ3n) is 3.26. The van der Waals surface area contributed by atoms with Crippen LogP contribution in [0.4, 0.5) is 5.69 Å². The predicted molar refractivity (Wildman–Crippen MR) is 83.1 cm³/mol. The second kappa shape index (κ2) is 6.10. The molecular weight excluding hydrogens is 286 g/mol. The summed E-state index contributed by atoms with van der Waals surface area (Å²) in [5.74, 6) is -0.301. The molecule has 0 saturated heterocycles. The van der Waals surface area contributed by atoms with Crippen LogP contribution in [0.15, 0.2) is 46.2 Å². The van der Waals surface area contributed by atoms with Crippen molar-refractivity contribution >= 4 is 23.2 Å². The summed E-state index contributed by atoms with van der Waals surface area (Å²) in [6, 6.07) is 10.8. The molecule has 2 aromatic rings. The molecule has 0 fully saturated rings. The Morgan fingerprint density at radius 1 is 1.05 bits per heavy atom. The van der Waals surface area contributed by atoms with E-state index in [9.17, 15) is 14.9 Å². The lowest BCUT2D eigenvalue weighted by Gasteiger charge is -2.06. The minimum Gasteiger partial charge on any atom is -0.294 e. The van der Waals surface area contributed by atoms with Gasteiger partial charge in [0.2, 0.25) is 0 Å². The van der Waals surface area contributed by atoms with Gasteiger partial charge in [-0.1, -0.05) is 17.8 Å². The Hall–Kier alpha value is -2.14. The van der Waals surface area contributed by atoms with Crippen LogP contribution >= 0.6 is 11.8 Å². The minimum atomic E-state index is -0.513. The van der Waals surface area contributed by atoms with Gasteiger partial charge in [0.15, 0.2) is 5.78 Å². The van der Waals surface area contributed by atoms with E-state index >= 15 is 0 Å². The van der Waals surface area contributed by atoms with Crippen molar-refractivity contribution in [2.24, 2.45) is 0 Å². The minimum absolute atomic E-state index is 0.142. The van der Waals surface area contributed by atoms with Crippen LogP contribution in [0, 0.1) is 24.0 Å². The normalized spacial score (nSPS) is 10.4. The van der Waals surface area contributed by atoms with Crippen LogP contribution in [-0.2, 0) is 0 Å². The molecule has 0 heterocycles. The average Bonchev–Trinajstić information content (AvgIpc) is 2.42. The first-order valence-electron chi connectivity index (χ1n) is 6.43. The summed E-state index contributed by atoms with van der Waals surface area (Å²) in [6.07, 6.45) is 0. The maximum atomic E-state index is 11.4. The van der Waals surface area contributed by atoms with E-state index < -0.39 is 4.92 Å². The van der Waals surface area contributed by atoms with E-state index in [-0.39, 0.29) is 17.0 Å². The van der Waals surface area contributed by atoms with Crippen LogP contribution in [0.1, 0.15) is 28.4 Å². The topological polar surface area (TPSA) is 60.2 Å². The zero-order chi connectivity index (χ0) is 15.6. The van der Waals surface area contributed by atoms with E-state index in [1.165, 1.54) is 41.9 Å². The zero-order valence-corrected chi connectivity index (χ0v) is 12.9. The predicted octanol–water partition coefficient (Wildman–Crippen LogP) is 4.57. The van der Waals surface area contributed by atoms with Gasteiger partial charge in [0.25, 0.3) is 5.69 Å². The highest BCUT2D eigenvalue weighted by atomic mass is 32.2. The largest absolute Gasteiger partial charge is 0.294 e. The summed E-state index contributed by atoms with van der Waals surface area (Å²) in [7, 11) is 0. The summed E-state index contributed by atoms with van der Waals surface area (Å²) >= 11 is 1.45. The smallest absolute Gasteiger partial charge is 0.281 e. The maximum Gasteiger partial charge on any atom is 0.281 e. The van der Waals surface area contributed by atoms with E-state index in [1.54, 1.807) is 6.07 Å². The number of rotatable bonds is 4. The number of nitrogens with zero attached hydrogens (tertiary/aromatic N) is 1. The quantitative estimate of drug-likeness (QED) is 0.471. The third kappa shape index (κ3) is 3.49. The molecule has 0 aromatic heterocycles. The van der Waals surface area contributed by atoms with E-state index in [1.807, 2.05) is 32.0 Å². The Morgan fingerprint density at radius 2 is 1.67 bits per heavy atom. The van der Waals surface area contributed by atoms with E-state index in [0.717, 1.165) is 9.79 Å². The van der Waals surface area contributed by atoms with Gasteiger partial charge in [-0.2, -0.15) is 0 Å². The molecule has 0 unspecified atom stereocenters. The SMILES string of the molecule is CC(=O)c1ccc(Sc2ccc(C)c(C)c2)cc1[N+](=O)[O-]. The zero-order valence-electron chi connectivity index (χ0n) is 12.0. The van der Waals surface area contributed by atoms with Gasteiger partial charge in [-0.15, -0.1) is 0 Å². The molecule has 0 aliphatic carbocycles. The van der Waals surface area contributed by atoms with E-state index in [2.05, 4.69) is 0 Å². The van der Waals surface area contributed by atoms with Crippen molar-refractivity contribution in [2.75, 3.05) is 0 Å². The number of nitro benzene ring substituents is 1. The lowest BCUT2D eigenvalue weighted by molar-refractivity contribution is -0.385. The number of ketones is 1. The first-order chi connectivity index (χ1) is 9.88. The second-order valence-corrected chi connectivity index (χ2v) is 5.99. The molecule has 0 aliphatic rings. The lowest BCUT2D eigenvalue weighted by Crippen LogP contribution is -2.00. The fourth-order valence-corrected chi connectivity index (χ4v) is 2.89. The summed E-state index contributed by atoms with van der Waals surface area (Å²) < 4.78 is 0. The van der Waals surface area contributed by atoms with Crippen LogP contribution in [0.25, 0.3) is 0 Å². The van der Waals surface area contributed by atoms with Crippen molar-refractivity contribution in [3.63, 3.8) is 0 Å². The molecule has 21 heavy (non-hydrogen) atoms. The number of hydrogen-bond donors (Lipinski definition) is 0. The monoisotopic (exact) mass is 301 g/mol. The van der Waals surface area contributed by atoms with Gasteiger partial charge in [0.1, 0.15) is 0 Å². The van der Waals surface area contributed by atoms with Gasteiger partial charge >= 0.3 is 0 Å². The van der Waals surface area contributed by atoms with Crippen LogP contribution in [0.3, 0.4) is 0 Å². The lowest BCUT2D eigenvalue weighted by atomic mass is 10.1. The standard InChI is InChI=1S/C16H15NO3S/c1-10-4-5-13(8-11(10)2)21-14-6-7-15(12(3)18)16(9-14)17(19)20/h4-9H,1-3H3. The Balaban J connectivity index is 2.36. The fourth-order valence-electron chi connectivity index (χ4n) is 1.94. The number of nitro groups is 1. The summed E-state index contributed by atoms with van der Waals surface area (Å²) in [4.78, 5) is 23.7. The molecule has 0 aliphatic heterocycles. The average molecular weight is 301 g/mol. The fraction of sp³-hybridized carbons (Fsp3) is 0.188. The van der Waals surface area contributed by atoms with Gasteiger partial charge < -0.3 is 0 Å². The van der Waals surface area contributed by atoms with Gasteiger partial charge in [0.05, 0.1) is 10.5 Å². The van der Waals surface area contributed by atoms with Crippen molar-refractivity contribution in [3.05, 3.63) is 63.2 Å². The van der Waals surface area contributed by atoms with Crippen molar-refractivity contribution in [1.29, 1.82) is 0 Å². The summed E-state index contributed by atoms with van der Waals surface area (Å²) in [6.45, 7) is 5.40. The molecule has 0 N–H and O–H groups in total. The van der Waals surface area contributed by atoms with Gasteiger partial charge in [-0.25, -0.2) is 0 Å². The van der Waals surface area contributed by atoms with Gasteiger partial charge in [-0.05, 0) is 56.2 Å². The Morgan fingerprint density at radius 3 is 2.24 bits per heavy atom. The van der Waals surface area contributed by atoms with Crippen molar-refractivity contribution in [1.82, 2.24) is 0 Å². The van der Waals surface area contributed by atoms with Crippen LogP contribution in [0.5, 0.6) is 0 Å². The third-order valence-corrected chi connectivity index (χ3v) is 4.24. The number of Topliss-reactive ketones (excluding diaryl/α,β-unsaturated/α-hetero) is 1. The molecule has 0 amide bonds. The van der Waals surface area contributed by atoms with Crippen molar-refractivity contribution in [3.8, 4) is 0 Å². The van der Waals surface area contributed by atoms with Crippen molar-refractivity contribution < 1.29 is 9.72 Å². The second-order valence-electron chi connectivity index (χ2n) is 4.84. The first-order valence-corrected chi connectivity index (χ1v) is 7.24. The van der Waals surface area contributed by atoms with Gasteiger partial charge in [-0.3, -0.25) is 14.9 Å². The molecule has 2 aromatic carbocycles. The molecule has 5 heteroatoms. The molecular formula is C16H15NO3S. The Kier molecular flexibility index (Phi) is 4.43. The first kappa shape index (κ1) is 15.3. The maximum absolute atomic E-state index is 11.4. The number of benzene rings is 2. The molecule has 0 radical (unpaired) electrons. The molecule has 0 spiro atoms. The number of aryl methyl sites for hydroxylation is 2. The molecule has 4 nitrogen and oxygen atoms in total. The van der Waals surface area contributed by atoms with E-state index in [4.69, 9.17) is 0 Å². The highest BCUT2D eigenvalue weighted by Gasteiger charge is 2.18. The highest BCUT2D eigenvalue weighted by Crippen LogP contribution is 2.32. The number of carbonyl (C=O) groups excluding carboxylic acids is 1.